The molecule has 2 aromatic rings. The molecule has 0 aliphatic rings. The minimum atomic E-state index is -0.346. The summed E-state index contributed by atoms with van der Waals surface area (Å²) < 4.78 is 0. The molecule has 0 atom stereocenters. The summed E-state index contributed by atoms with van der Waals surface area (Å²) in [4.78, 5) is 29.7. The van der Waals surface area contributed by atoms with Crippen LogP contribution in [0.4, 0.5) is 11.4 Å². The lowest BCUT2D eigenvalue weighted by molar-refractivity contribution is -0.115. The van der Waals surface area contributed by atoms with Gasteiger partial charge in [-0.15, -0.1) is 0 Å². The highest BCUT2D eigenvalue weighted by Crippen LogP contribution is 2.15. The van der Waals surface area contributed by atoms with Crippen molar-refractivity contribution in [2.75, 3.05) is 24.3 Å². The molecule has 0 saturated heterocycles. The molecule has 0 bridgehead atoms. The zero-order valence-corrected chi connectivity index (χ0v) is 14.5. The van der Waals surface area contributed by atoms with Crippen LogP contribution in [0.15, 0.2) is 53.9 Å². The normalized spacial score (nSPS) is 10.9. The maximum atomic E-state index is 12.0. The van der Waals surface area contributed by atoms with E-state index in [2.05, 4.69) is 20.8 Å². The van der Waals surface area contributed by atoms with E-state index in [1.165, 1.54) is 12.4 Å². The van der Waals surface area contributed by atoms with E-state index in [1.807, 2.05) is 43.3 Å². The van der Waals surface area contributed by atoms with E-state index in [0.29, 0.717) is 17.0 Å². The Kier molecular flexibility index (Phi) is 6.22. The molecule has 7 heteroatoms. The quantitative estimate of drug-likeness (QED) is 0.624. The third-order valence-electron chi connectivity index (χ3n) is 3.37. The van der Waals surface area contributed by atoms with Gasteiger partial charge in [-0.1, -0.05) is 0 Å². The molecule has 25 heavy (non-hydrogen) atoms. The van der Waals surface area contributed by atoms with E-state index in [4.69, 9.17) is 0 Å². The van der Waals surface area contributed by atoms with Crippen LogP contribution < -0.4 is 15.6 Å². The van der Waals surface area contributed by atoms with Crippen LogP contribution in [0, 0.1) is 0 Å². The van der Waals surface area contributed by atoms with Gasteiger partial charge < -0.3 is 10.2 Å². The summed E-state index contributed by atoms with van der Waals surface area (Å²) in [5, 5.41) is 6.75. The van der Waals surface area contributed by atoms with Crippen LogP contribution in [0.5, 0.6) is 0 Å². The van der Waals surface area contributed by atoms with Gasteiger partial charge in [0.05, 0.1) is 6.42 Å². The van der Waals surface area contributed by atoms with Crippen LogP contribution >= 0.6 is 0 Å². The minimum Gasteiger partial charge on any atom is -0.378 e. The summed E-state index contributed by atoms with van der Waals surface area (Å²) in [6.45, 7) is 1.68. The number of carbonyl (C=O) groups excluding carboxylic acids is 2. The second kappa shape index (κ2) is 8.58. The van der Waals surface area contributed by atoms with Crippen LogP contribution in [0.2, 0.25) is 0 Å². The molecule has 0 fully saturated rings. The highest BCUT2D eigenvalue weighted by Gasteiger charge is 2.07. The summed E-state index contributed by atoms with van der Waals surface area (Å²) in [6, 6.07) is 10.7. The first-order valence-corrected chi connectivity index (χ1v) is 7.76. The Balaban J connectivity index is 1.85. The molecule has 1 aromatic carbocycles. The molecular weight excluding hydrogens is 318 g/mol. The lowest BCUT2D eigenvalue weighted by Crippen LogP contribution is -2.21. The SMILES string of the molecule is C/C(CC(=O)Nc1ccc(N(C)C)cc1)=N/NC(=O)c1ccncc1. The Hall–Kier alpha value is -3.22. The summed E-state index contributed by atoms with van der Waals surface area (Å²) in [5.74, 6) is -0.543. The van der Waals surface area contributed by atoms with Crippen molar-refractivity contribution < 1.29 is 9.59 Å². The largest absolute Gasteiger partial charge is 0.378 e. The Morgan fingerprint density at radius 1 is 1.08 bits per heavy atom. The predicted octanol–water partition coefficient (Wildman–Crippen LogP) is 2.28. The van der Waals surface area contributed by atoms with Crippen LogP contribution in [0.25, 0.3) is 0 Å². The molecule has 1 aromatic heterocycles. The van der Waals surface area contributed by atoms with E-state index in [1.54, 1.807) is 19.1 Å². The maximum absolute atomic E-state index is 12.0. The average Bonchev–Trinajstić information content (AvgIpc) is 2.60. The second-order valence-corrected chi connectivity index (χ2v) is 5.69. The van der Waals surface area contributed by atoms with Gasteiger partial charge in [0.1, 0.15) is 0 Å². The van der Waals surface area contributed by atoms with Gasteiger partial charge in [0.15, 0.2) is 0 Å². The smallest absolute Gasteiger partial charge is 0.271 e. The second-order valence-electron chi connectivity index (χ2n) is 5.69. The van der Waals surface area contributed by atoms with Crippen molar-refractivity contribution in [2.45, 2.75) is 13.3 Å². The van der Waals surface area contributed by atoms with Crippen LogP contribution in [-0.2, 0) is 4.79 Å². The Bertz CT molecular complexity index is 755. The highest BCUT2D eigenvalue weighted by atomic mass is 16.2. The minimum absolute atomic E-state index is 0.0893. The number of nitrogens with zero attached hydrogens (tertiary/aromatic N) is 3. The molecule has 2 amide bonds. The zero-order valence-electron chi connectivity index (χ0n) is 14.5. The number of anilines is 2. The number of hydrogen-bond donors (Lipinski definition) is 2. The zero-order chi connectivity index (χ0) is 18.2. The lowest BCUT2D eigenvalue weighted by atomic mass is 10.2. The molecular formula is C18H21N5O2. The van der Waals surface area contributed by atoms with Gasteiger partial charge in [-0.05, 0) is 43.3 Å². The number of pyridine rings is 1. The summed E-state index contributed by atoms with van der Waals surface area (Å²) >= 11 is 0. The number of hydrogen-bond acceptors (Lipinski definition) is 5. The van der Waals surface area contributed by atoms with Crippen molar-refractivity contribution in [2.24, 2.45) is 5.10 Å². The lowest BCUT2D eigenvalue weighted by Gasteiger charge is -2.13. The third kappa shape index (κ3) is 5.72. The maximum Gasteiger partial charge on any atom is 0.271 e. The monoisotopic (exact) mass is 339 g/mol. The van der Waals surface area contributed by atoms with Crippen LogP contribution in [0.3, 0.4) is 0 Å². The Labute approximate surface area is 146 Å². The fourth-order valence-corrected chi connectivity index (χ4v) is 2.03. The molecule has 0 aliphatic carbocycles. The molecule has 130 valence electrons. The van der Waals surface area contributed by atoms with E-state index in [-0.39, 0.29) is 18.2 Å². The van der Waals surface area contributed by atoms with Gasteiger partial charge in [0, 0.05) is 49.1 Å². The van der Waals surface area contributed by atoms with Crippen molar-refractivity contribution >= 4 is 28.9 Å². The van der Waals surface area contributed by atoms with Gasteiger partial charge in [-0.25, -0.2) is 5.43 Å². The van der Waals surface area contributed by atoms with Crippen molar-refractivity contribution in [1.82, 2.24) is 10.4 Å². The summed E-state index contributed by atoms with van der Waals surface area (Å²) in [5.41, 5.74) is 5.15. The van der Waals surface area contributed by atoms with Gasteiger partial charge in [0.2, 0.25) is 5.91 Å². The molecule has 0 radical (unpaired) electrons. The van der Waals surface area contributed by atoms with Gasteiger partial charge in [0.25, 0.3) is 5.91 Å². The number of carbonyl (C=O) groups is 2. The fourth-order valence-electron chi connectivity index (χ4n) is 2.03. The molecule has 0 unspecified atom stereocenters. The van der Waals surface area contributed by atoms with Crippen molar-refractivity contribution in [3.8, 4) is 0 Å². The van der Waals surface area contributed by atoms with E-state index < -0.39 is 0 Å². The predicted molar refractivity (Wildman–Crippen MR) is 98.8 cm³/mol. The van der Waals surface area contributed by atoms with E-state index in [0.717, 1.165) is 5.69 Å². The topological polar surface area (TPSA) is 86.7 Å². The molecule has 0 spiro atoms. The Morgan fingerprint density at radius 3 is 2.32 bits per heavy atom. The van der Waals surface area contributed by atoms with Crippen LogP contribution in [-0.4, -0.2) is 36.6 Å². The molecule has 2 N–H and O–H groups in total. The highest BCUT2D eigenvalue weighted by molar-refractivity contribution is 6.06. The first-order chi connectivity index (χ1) is 12.0. The number of aromatic nitrogens is 1. The first kappa shape index (κ1) is 18.1. The van der Waals surface area contributed by atoms with Crippen LogP contribution in [0.1, 0.15) is 23.7 Å². The fraction of sp³-hybridized carbons (Fsp3) is 0.222. The molecule has 0 aliphatic heterocycles. The number of nitrogens with one attached hydrogen (secondary N) is 2. The average molecular weight is 339 g/mol. The molecule has 1 heterocycles. The number of hydrazone groups is 1. The van der Waals surface area contributed by atoms with Crippen molar-refractivity contribution in [1.29, 1.82) is 0 Å². The third-order valence-corrected chi connectivity index (χ3v) is 3.37. The van der Waals surface area contributed by atoms with Gasteiger partial charge in [-0.3, -0.25) is 14.6 Å². The molecule has 7 nitrogen and oxygen atoms in total. The number of rotatable bonds is 6. The molecule has 2 rings (SSSR count). The summed E-state index contributed by atoms with van der Waals surface area (Å²) in [6.07, 6.45) is 3.15. The standard InChI is InChI=1S/C18H21N5O2/c1-13(21-22-18(25)14-8-10-19-11-9-14)12-17(24)20-15-4-6-16(7-5-15)23(2)3/h4-11H,12H2,1-3H3,(H,20,24)(H,22,25)/b21-13-. The van der Waals surface area contributed by atoms with Gasteiger partial charge in [-0.2, -0.15) is 5.10 Å². The van der Waals surface area contributed by atoms with E-state index >= 15 is 0 Å². The van der Waals surface area contributed by atoms with E-state index in [9.17, 15) is 9.59 Å². The number of benzene rings is 1. The number of amides is 2. The first-order valence-electron chi connectivity index (χ1n) is 7.76. The van der Waals surface area contributed by atoms with Crippen molar-refractivity contribution in [3.05, 3.63) is 54.4 Å². The van der Waals surface area contributed by atoms with Gasteiger partial charge >= 0.3 is 0 Å². The summed E-state index contributed by atoms with van der Waals surface area (Å²) in [7, 11) is 3.90. The van der Waals surface area contributed by atoms with Crippen molar-refractivity contribution in [3.63, 3.8) is 0 Å². The molecule has 0 saturated carbocycles. The Morgan fingerprint density at radius 2 is 1.72 bits per heavy atom.